The number of nitrogens with one attached hydrogen (secondary N) is 1. The number of benzene rings is 3. The maximum atomic E-state index is 13.2. The number of nitriles is 1. The van der Waals surface area contributed by atoms with Crippen LogP contribution in [0.15, 0.2) is 96.0 Å². The van der Waals surface area contributed by atoms with Crippen LogP contribution in [0.5, 0.6) is 0 Å². The molecule has 35 heavy (non-hydrogen) atoms. The van der Waals surface area contributed by atoms with E-state index in [2.05, 4.69) is 16.4 Å². The highest BCUT2D eigenvalue weighted by Crippen LogP contribution is 2.41. The number of anilines is 2. The SMILES string of the molecule is CC(=O)c1ccc(Nc2c(C(=O)/C=C/c3ccccc3)sc(N=Cc3ccccc3)c2C#N)cc1. The fourth-order valence-corrected chi connectivity index (χ4v) is 4.30. The normalized spacial score (nSPS) is 11.0. The highest BCUT2D eigenvalue weighted by Gasteiger charge is 2.22. The molecule has 0 atom stereocenters. The van der Waals surface area contributed by atoms with Crippen molar-refractivity contribution in [3.8, 4) is 6.07 Å². The van der Waals surface area contributed by atoms with Gasteiger partial charge in [0.2, 0.25) is 0 Å². The Hall–Kier alpha value is -4.60. The summed E-state index contributed by atoms with van der Waals surface area (Å²) in [5.41, 5.74) is 3.71. The summed E-state index contributed by atoms with van der Waals surface area (Å²) in [7, 11) is 0. The molecule has 0 aliphatic carbocycles. The molecular formula is C29H21N3O2S. The zero-order valence-electron chi connectivity index (χ0n) is 18.9. The van der Waals surface area contributed by atoms with Crippen LogP contribution in [0, 0.1) is 11.3 Å². The second kappa shape index (κ2) is 11.0. The van der Waals surface area contributed by atoms with Crippen LogP contribution < -0.4 is 5.32 Å². The van der Waals surface area contributed by atoms with E-state index in [-0.39, 0.29) is 17.1 Å². The smallest absolute Gasteiger partial charge is 0.198 e. The summed E-state index contributed by atoms with van der Waals surface area (Å²) in [6, 6.07) is 28.2. The molecule has 1 aromatic heterocycles. The Bertz CT molecular complexity index is 1450. The Morgan fingerprint density at radius 3 is 2.14 bits per heavy atom. The summed E-state index contributed by atoms with van der Waals surface area (Å²) in [5, 5.41) is 13.6. The van der Waals surface area contributed by atoms with Gasteiger partial charge >= 0.3 is 0 Å². The third kappa shape index (κ3) is 5.85. The molecule has 0 bridgehead atoms. The van der Waals surface area contributed by atoms with Gasteiger partial charge < -0.3 is 5.32 Å². The Balaban J connectivity index is 1.73. The molecule has 0 amide bonds. The Kier molecular flexibility index (Phi) is 7.41. The van der Waals surface area contributed by atoms with E-state index >= 15 is 0 Å². The van der Waals surface area contributed by atoms with E-state index < -0.39 is 0 Å². The second-order valence-electron chi connectivity index (χ2n) is 7.63. The minimum Gasteiger partial charge on any atom is -0.353 e. The summed E-state index contributed by atoms with van der Waals surface area (Å²) in [6.45, 7) is 1.50. The molecule has 0 radical (unpaired) electrons. The zero-order valence-corrected chi connectivity index (χ0v) is 19.8. The van der Waals surface area contributed by atoms with Gasteiger partial charge in [-0.05, 0) is 48.4 Å². The Morgan fingerprint density at radius 1 is 0.914 bits per heavy atom. The number of rotatable bonds is 8. The van der Waals surface area contributed by atoms with E-state index in [1.165, 1.54) is 13.0 Å². The largest absolute Gasteiger partial charge is 0.353 e. The number of hydrogen-bond acceptors (Lipinski definition) is 6. The first-order valence-electron chi connectivity index (χ1n) is 10.9. The maximum absolute atomic E-state index is 13.2. The predicted octanol–water partition coefficient (Wildman–Crippen LogP) is 7.21. The van der Waals surface area contributed by atoms with Crippen molar-refractivity contribution in [2.75, 3.05) is 5.32 Å². The average Bonchev–Trinajstić information content (AvgIpc) is 3.24. The van der Waals surface area contributed by atoms with Crippen molar-refractivity contribution < 1.29 is 9.59 Å². The average molecular weight is 476 g/mol. The Morgan fingerprint density at radius 2 is 1.54 bits per heavy atom. The highest BCUT2D eigenvalue weighted by molar-refractivity contribution is 7.18. The van der Waals surface area contributed by atoms with E-state index in [0.717, 1.165) is 22.5 Å². The lowest BCUT2D eigenvalue weighted by atomic mass is 10.1. The van der Waals surface area contributed by atoms with Crippen molar-refractivity contribution in [2.24, 2.45) is 4.99 Å². The van der Waals surface area contributed by atoms with E-state index in [1.807, 2.05) is 60.7 Å². The summed E-state index contributed by atoms with van der Waals surface area (Å²) < 4.78 is 0. The molecule has 170 valence electrons. The van der Waals surface area contributed by atoms with Crippen molar-refractivity contribution >= 4 is 51.6 Å². The van der Waals surface area contributed by atoms with Gasteiger partial charge in [-0.3, -0.25) is 9.59 Å². The predicted molar refractivity (Wildman–Crippen MR) is 142 cm³/mol. The van der Waals surface area contributed by atoms with Gasteiger partial charge in [-0.1, -0.05) is 66.7 Å². The molecule has 4 aromatic rings. The van der Waals surface area contributed by atoms with Gasteiger partial charge in [-0.15, -0.1) is 11.3 Å². The molecule has 0 unspecified atom stereocenters. The van der Waals surface area contributed by atoms with Crippen LogP contribution in [0.2, 0.25) is 0 Å². The first-order chi connectivity index (χ1) is 17.0. The molecule has 0 aliphatic heterocycles. The topological polar surface area (TPSA) is 82.3 Å². The first kappa shape index (κ1) is 23.6. The second-order valence-corrected chi connectivity index (χ2v) is 8.63. The number of nitrogens with zero attached hydrogens (tertiary/aromatic N) is 2. The van der Waals surface area contributed by atoms with Crippen LogP contribution in [0.25, 0.3) is 6.08 Å². The van der Waals surface area contributed by atoms with Crippen LogP contribution in [0.3, 0.4) is 0 Å². The van der Waals surface area contributed by atoms with Crippen molar-refractivity contribution in [3.05, 3.63) is 118 Å². The van der Waals surface area contributed by atoms with Crippen molar-refractivity contribution in [1.29, 1.82) is 5.26 Å². The van der Waals surface area contributed by atoms with Crippen LogP contribution in [-0.4, -0.2) is 17.8 Å². The highest BCUT2D eigenvalue weighted by atomic mass is 32.1. The molecule has 5 nitrogen and oxygen atoms in total. The van der Waals surface area contributed by atoms with Crippen LogP contribution in [0.1, 0.15) is 43.6 Å². The minimum atomic E-state index is -0.237. The van der Waals surface area contributed by atoms with Crippen molar-refractivity contribution in [3.63, 3.8) is 0 Å². The van der Waals surface area contributed by atoms with Gasteiger partial charge in [-0.2, -0.15) is 5.26 Å². The molecule has 0 spiro atoms. The van der Waals surface area contributed by atoms with Gasteiger partial charge in [0.15, 0.2) is 11.6 Å². The van der Waals surface area contributed by atoms with Gasteiger partial charge in [0, 0.05) is 17.5 Å². The molecule has 4 rings (SSSR count). The molecule has 3 aromatic carbocycles. The molecule has 1 heterocycles. The molecular weight excluding hydrogens is 454 g/mol. The summed E-state index contributed by atoms with van der Waals surface area (Å²) in [4.78, 5) is 29.7. The number of ketones is 2. The lowest BCUT2D eigenvalue weighted by Gasteiger charge is -2.08. The fraction of sp³-hybridized carbons (Fsp3) is 0.0345. The Labute approximate surface area is 207 Å². The molecule has 0 saturated heterocycles. The van der Waals surface area contributed by atoms with Crippen LogP contribution in [0.4, 0.5) is 16.4 Å². The third-order valence-electron chi connectivity index (χ3n) is 5.14. The van der Waals surface area contributed by atoms with Crippen molar-refractivity contribution in [2.45, 2.75) is 6.92 Å². The molecule has 0 saturated carbocycles. The minimum absolute atomic E-state index is 0.0377. The number of Topliss-reactive ketones (excluding diaryl/α,β-unsaturated/α-hetero) is 1. The molecule has 0 aliphatic rings. The van der Waals surface area contributed by atoms with E-state index in [9.17, 15) is 14.9 Å². The van der Waals surface area contributed by atoms with E-state index in [0.29, 0.717) is 26.8 Å². The van der Waals surface area contributed by atoms with Gasteiger partial charge in [0.05, 0.1) is 5.69 Å². The maximum Gasteiger partial charge on any atom is 0.198 e. The van der Waals surface area contributed by atoms with Crippen LogP contribution in [-0.2, 0) is 0 Å². The number of hydrogen-bond donors (Lipinski definition) is 1. The molecule has 0 fully saturated rings. The van der Waals surface area contributed by atoms with Crippen LogP contribution >= 0.6 is 11.3 Å². The van der Waals surface area contributed by atoms with Gasteiger partial charge in [-0.25, -0.2) is 4.99 Å². The van der Waals surface area contributed by atoms with Gasteiger partial charge in [0.1, 0.15) is 21.5 Å². The zero-order chi connectivity index (χ0) is 24.6. The van der Waals surface area contributed by atoms with Crippen molar-refractivity contribution in [1.82, 2.24) is 0 Å². The summed E-state index contributed by atoms with van der Waals surface area (Å²) >= 11 is 1.16. The molecule has 6 heteroatoms. The van der Waals surface area contributed by atoms with E-state index in [4.69, 9.17) is 0 Å². The fourth-order valence-electron chi connectivity index (χ4n) is 3.32. The summed E-state index contributed by atoms with van der Waals surface area (Å²) in [5.74, 6) is -0.274. The standard InChI is InChI=1S/C29H21N3O2S/c1-20(33)23-13-15-24(16-14-23)32-27-25(18-30)29(31-19-22-10-6-3-7-11-22)35-28(27)26(34)17-12-21-8-4-2-5-9-21/h2-17,19,32H,1H3/b17-12+,31-19?. The van der Waals surface area contributed by atoms with Gasteiger partial charge in [0.25, 0.3) is 0 Å². The number of aliphatic imine (C=N–C) groups is 1. The van der Waals surface area contributed by atoms with E-state index in [1.54, 1.807) is 36.6 Å². The number of carbonyl (C=O) groups is 2. The third-order valence-corrected chi connectivity index (χ3v) is 6.26. The lowest BCUT2D eigenvalue weighted by molar-refractivity contribution is 0.101. The quantitative estimate of drug-likeness (QED) is 0.166. The number of allylic oxidation sites excluding steroid dienone is 1. The summed E-state index contributed by atoms with van der Waals surface area (Å²) in [6.07, 6.45) is 4.91. The lowest BCUT2D eigenvalue weighted by Crippen LogP contribution is -2.00. The molecule has 1 N–H and O–H groups in total. The first-order valence-corrected chi connectivity index (χ1v) is 11.7. The number of carbonyl (C=O) groups excluding carboxylic acids is 2. The monoisotopic (exact) mass is 475 g/mol. The number of thiophene rings is 1.